The molecule has 1 aromatic heterocycles. The van der Waals surface area contributed by atoms with Crippen LogP contribution in [0.5, 0.6) is 0 Å². The number of rotatable bonds is 5. The van der Waals surface area contributed by atoms with E-state index in [1.165, 1.54) is 9.80 Å². The van der Waals surface area contributed by atoms with Gasteiger partial charge in [0.15, 0.2) is 0 Å². The van der Waals surface area contributed by atoms with E-state index >= 15 is 0 Å². The largest absolute Gasteiger partial charge is 0.463 e. The summed E-state index contributed by atoms with van der Waals surface area (Å²) in [5.41, 5.74) is 0. The molecule has 2 amide bonds. The summed E-state index contributed by atoms with van der Waals surface area (Å²) >= 11 is 0. The first-order chi connectivity index (χ1) is 9.11. The van der Waals surface area contributed by atoms with Gasteiger partial charge in [0.1, 0.15) is 11.5 Å². The summed E-state index contributed by atoms with van der Waals surface area (Å²) in [6, 6.07) is 3.74. The molecule has 6 heteroatoms. The molecular formula is C13H19N3O3. The van der Waals surface area contributed by atoms with Crippen molar-refractivity contribution >= 4 is 11.8 Å². The second kappa shape index (κ2) is 5.88. The standard InChI is InChI=1S/C13H19N3O3/c1-3-14-8-10-4-5-11(19-10)9-16-7-6-15(2)12(17)13(16)18/h4-5,14H,3,6-9H2,1-2H3. The number of carbonyl (C=O) groups excluding carboxylic acids is 2. The Kier molecular flexibility index (Phi) is 4.21. The molecule has 1 aliphatic rings. The van der Waals surface area contributed by atoms with Gasteiger partial charge >= 0.3 is 11.8 Å². The molecule has 1 saturated heterocycles. The summed E-state index contributed by atoms with van der Waals surface area (Å²) in [6.45, 7) is 5.04. The van der Waals surface area contributed by atoms with Crippen molar-refractivity contribution in [2.75, 3.05) is 26.7 Å². The zero-order valence-electron chi connectivity index (χ0n) is 11.3. The van der Waals surface area contributed by atoms with Crippen LogP contribution >= 0.6 is 0 Å². The first-order valence-corrected chi connectivity index (χ1v) is 6.44. The van der Waals surface area contributed by atoms with Crippen molar-refractivity contribution in [2.24, 2.45) is 0 Å². The molecule has 0 radical (unpaired) electrons. The second-order valence-electron chi connectivity index (χ2n) is 4.60. The third-order valence-electron chi connectivity index (χ3n) is 3.14. The fraction of sp³-hybridized carbons (Fsp3) is 0.538. The minimum atomic E-state index is -0.460. The highest BCUT2D eigenvalue weighted by Gasteiger charge is 2.30. The number of hydrogen-bond donors (Lipinski definition) is 1. The Morgan fingerprint density at radius 2 is 1.95 bits per heavy atom. The second-order valence-corrected chi connectivity index (χ2v) is 4.60. The number of nitrogens with one attached hydrogen (secondary N) is 1. The molecule has 0 aliphatic carbocycles. The third kappa shape index (κ3) is 3.14. The fourth-order valence-electron chi connectivity index (χ4n) is 1.96. The lowest BCUT2D eigenvalue weighted by Crippen LogP contribution is -2.52. The number of piperazine rings is 1. The highest BCUT2D eigenvalue weighted by molar-refractivity contribution is 6.35. The van der Waals surface area contributed by atoms with Gasteiger partial charge in [-0.2, -0.15) is 0 Å². The van der Waals surface area contributed by atoms with Gasteiger partial charge in [0.2, 0.25) is 0 Å². The molecule has 19 heavy (non-hydrogen) atoms. The van der Waals surface area contributed by atoms with Gasteiger partial charge in [-0.1, -0.05) is 6.92 Å². The van der Waals surface area contributed by atoms with Crippen LogP contribution in [0.3, 0.4) is 0 Å². The lowest BCUT2D eigenvalue weighted by atomic mass is 10.3. The van der Waals surface area contributed by atoms with E-state index in [0.717, 1.165) is 12.3 Å². The number of amides is 2. The molecule has 0 aromatic carbocycles. The van der Waals surface area contributed by atoms with Crippen molar-refractivity contribution < 1.29 is 14.0 Å². The number of likely N-dealkylation sites (N-methyl/N-ethyl adjacent to an activating group) is 1. The predicted octanol–water partition coefficient (Wildman–Crippen LogP) is 0.190. The minimum Gasteiger partial charge on any atom is -0.463 e. The monoisotopic (exact) mass is 265 g/mol. The summed E-state index contributed by atoms with van der Waals surface area (Å²) in [5, 5.41) is 3.17. The third-order valence-corrected chi connectivity index (χ3v) is 3.14. The highest BCUT2D eigenvalue weighted by atomic mass is 16.3. The van der Waals surface area contributed by atoms with Crippen LogP contribution < -0.4 is 5.32 Å². The molecule has 2 heterocycles. The van der Waals surface area contributed by atoms with Gasteiger partial charge in [0.05, 0.1) is 13.1 Å². The van der Waals surface area contributed by atoms with Crippen LogP contribution in [-0.2, 0) is 22.7 Å². The normalized spacial score (nSPS) is 16.3. The van der Waals surface area contributed by atoms with Gasteiger partial charge in [-0.25, -0.2) is 0 Å². The van der Waals surface area contributed by atoms with Crippen LogP contribution in [0.15, 0.2) is 16.5 Å². The number of hydrogen-bond acceptors (Lipinski definition) is 4. The molecule has 1 N–H and O–H groups in total. The first kappa shape index (κ1) is 13.6. The maximum Gasteiger partial charge on any atom is 0.312 e. The fourth-order valence-corrected chi connectivity index (χ4v) is 1.96. The molecule has 0 spiro atoms. The van der Waals surface area contributed by atoms with E-state index in [2.05, 4.69) is 5.32 Å². The van der Waals surface area contributed by atoms with E-state index in [-0.39, 0.29) is 0 Å². The molecular weight excluding hydrogens is 246 g/mol. The Labute approximate surface area is 112 Å². The van der Waals surface area contributed by atoms with Crippen molar-refractivity contribution in [1.82, 2.24) is 15.1 Å². The van der Waals surface area contributed by atoms with Crippen molar-refractivity contribution in [3.63, 3.8) is 0 Å². The zero-order chi connectivity index (χ0) is 13.8. The van der Waals surface area contributed by atoms with Crippen LogP contribution in [0.2, 0.25) is 0 Å². The van der Waals surface area contributed by atoms with Crippen LogP contribution in [0.4, 0.5) is 0 Å². The molecule has 0 bridgehead atoms. The predicted molar refractivity (Wildman–Crippen MR) is 69.1 cm³/mol. The van der Waals surface area contributed by atoms with Gasteiger partial charge in [0.25, 0.3) is 0 Å². The molecule has 0 unspecified atom stereocenters. The smallest absolute Gasteiger partial charge is 0.312 e. The molecule has 2 rings (SSSR count). The van der Waals surface area contributed by atoms with Crippen LogP contribution in [0, 0.1) is 0 Å². The maximum absolute atomic E-state index is 11.8. The van der Waals surface area contributed by atoms with Gasteiger partial charge in [-0.3, -0.25) is 9.59 Å². The summed E-state index contributed by atoms with van der Waals surface area (Å²) in [4.78, 5) is 26.3. The van der Waals surface area contributed by atoms with E-state index in [9.17, 15) is 9.59 Å². The van der Waals surface area contributed by atoms with Crippen LogP contribution in [0.25, 0.3) is 0 Å². The lowest BCUT2D eigenvalue weighted by molar-refractivity contribution is -0.155. The van der Waals surface area contributed by atoms with Gasteiger partial charge in [-0.15, -0.1) is 0 Å². The molecule has 6 nitrogen and oxygen atoms in total. The highest BCUT2D eigenvalue weighted by Crippen LogP contribution is 2.13. The van der Waals surface area contributed by atoms with Crippen LogP contribution in [0.1, 0.15) is 18.4 Å². The van der Waals surface area contributed by atoms with E-state index < -0.39 is 11.8 Å². The van der Waals surface area contributed by atoms with Gasteiger partial charge in [-0.05, 0) is 18.7 Å². The van der Waals surface area contributed by atoms with Gasteiger partial charge < -0.3 is 19.5 Å². The van der Waals surface area contributed by atoms with Crippen LogP contribution in [-0.4, -0.2) is 48.3 Å². The average Bonchev–Trinajstić information content (AvgIpc) is 2.85. The molecule has 1 aromatic rings. The van der Waals surface area contributed by atoms with E-state index in [0.29, 0.717) is 31.9 Å². The Morgan fingerprint density at radius 3 is 2.68 bits per heavy atom. The Balaban J connectivity index is 1.95. The molecule has 0 saturated carbocycles. The quantitative estimate of drug-likeness (QED) is 0.772. The van der Waals surface area contributed by atoms with E-state index in [1.807, 2.05) is 19.1 Å². The zero-order valence-corrected chi connectivity index (χ0v) is 11.3. The Hall–Kier alpha value is -1.82. The van der Waals surface area contributed by atoms with Gasteiger partial charge in [0, 0.05) is 20.1 Å². The lowest BCUT2D eigenvalue weighted by Gasteiger charge is -2.30. The Morgan fingerprint density at radius 1 is 1.21 bits per heavy atom. The van der Waals surface area contributed by atoms with Crippen molar-refractivity contribution in [1.29, 1.82) is 0 Å². The molecule has 1 aliphatic heterocycles. The Bertz CT molecular complexity index is 469. The van der Waals surface area contributed by atoms with E-state index in [4.69, 9.17) is 4.42 Å². The minimum absolute atomic E-state index is 0.352. The van der Waals surface area contributed by atoms with Crippen molar-refractivity contribution in [3.05, 3.63) is 23.7 Å². The number of furan rings is 1. The maximum atomic E-state index is 11.8. The van der Waals surface area contributed by atoms with Crippen molar-refractivity contribution in [3.8, 4) is 0 Å². The first-order valence-electron chi connectivity index (χ1n) is 6.44. The number of carbonyl (C=O) groups is 2. The molecule has 104 valence electrons. The topological polar surface area (TPSA) is 65.8 Å². The summed E-state index contributed by atoms with van der Waals surface area (Å²) in [6.07, 6.45) is 0. The molecule has 0 atom stereocenters. The average molecular weight is 265 g/mol. The summed E-state index contributed by atoms with van der Waals surface area (Å²) < 4.78 is 5.62. The number of nitrogens with zero attached hydrogens (tertiary/aromatic N) is 2. The molecule has 1 fully saturated rings. The van der Waals surface area contributed by atoms with Crippen molar-refractivity contribution in [2.45, 2.75) is 20.0 Å². The van der Waals surface area contributed by atoms with E-state index in [1.54, 1.807) is 7.05 Å². The summed E-state index contributed by atoms with van der Waals surface area (Å²) in [7, 11) is 1.64. The summed E-state index contributed by atoms with van der Waals surface area (Å²) in [5.74, 6) is 0.632. The SMILES string of the molecule is CCNCc1ccc(CN2CCN(C)C(=O)C2=O)o1.